The molecule has 0 unspecified atom stereocenters. The molecule has 6 nitrogen and oxygen atoms in total. The summed E-state index contributed by atoms with van der Waals surface area (Å²) in [5.41, 5.74) is 3.55. The molecule has 150 valence electrons. The van der Waals surface area contributed by atoms with Crippen molar-refractivity contribution in [3.63, 3.8) is 0 Å². The lowest BCUT2D eigenvalue weighted by molar-refractivity contribution is -0.149. The van der Waals surface area contributed by atoms with Crippen molar-refractivity contribution in [1.82, 2.24) is 14.9 Å². The zero-order valence-electron chi connectivity index (χ0n) is 16.3. The molecular formula is C24H21N3O3. The minimum atomic E-state index is -0.496. The summed E-state index contributed by atoms with van der Waals surface area (Å²) < 4.78 is 6.90. The Morgan fingerprint density at radius 3 is 2.13 bits per heavy atom. The van der Waals surface area contributed by atoms with Crippen LogP contribution in [0.3, 0.4) is 0 Å². The molecular weight excluding hydrogens is 378 g/mol. The van der Waals surface area contributed by atoms with Gasteiger partial charge in [-0.2, -0.15) is 0 Å². The van der Waals surface area contributed by atoms with Crippen molar-refractivity contribution in [2.75, 3.05) is 6.61 Å². The van der Waals surface area contributed by atoms with Crippen LogP contribution in [0.15, 0.2) is 91.3 Å². The number of aromatic nitrogens is 2. The first-order valence-corrected chi connectivity index (χ1v) is 9.65. The number of amides is 1. The van der Waals surface area contributed by atoms with E-state index in [9.17, 15) is 9.59 Å². The monoisotopic (exact) mass is 399 g/mol. The summed E-state index contributed by atoms with van der Waals surface area (Å²) >= 11 is 0. The Labute approximate surface area is 174 Å². The molecule has 0 bridgehead atoms. The van der Waals surface area contributed by atoms with Crippen molar-refractivity contribution in [1.29, 1.82) is 0 Å². The lowest BCUT2D eigenvalue weighted by Gasteiger charge is -2.20. The maximum Gasteiger partial charge on any atom is 0.326 e. The largest absolute Gasteiger partial charge is 0.454 e. The number of nitrogens with one attached hydrogen (secondary N) is 1. The molecule has 1 amide bonds. The van der Waals surface area contributed by atoms with Crippen molar-refractivity contribution in [2.45, 2.75) is 12.6 Å². The number of hydrogen-bond acceptors (Lipinski definition) is 4. The molecule has 3 aromatic carbocycles. The Morgan fingerprint density at radius 1 is 0.867 bits per heavy atom. The van der Waals surface area contributed by atoms with Gasteiger partial charge in [-0.3, -0.25) is 9.59 Å². The van der Waals surface area contributed by atoms with E-state index in [1.54, 1.807) is 10.9 Å². The van der Waals surface area contributed by atoms with E-state index in [0.717, 1.165) is 22.2 Å². The number of nitrogens with zero attached hydrogens (tertiary/aromatic N) is 2. The van der Waals surface area contributed by atoms with Gasteiger partial charge >= 0.3 is 5.97 Å². The predicted octanol–water partition coefficient (Wildman–Crippen LogP) is 3.49. The van der Waals surface area contributed by atoms with Gasteiger partial charge in [0.15, 0.2) is 6.61 Å². The standard InChI is InChI=1S/C24H21N3O3/c28-22(16-30-23(29)15-27-17-25-20-13-7-8-14-21(20)27)26-24(18-9-3-1-4-10-18)19-11-5-2-6-12-19/h1-14,17,24H,15-16H2,(H,26,28). The molecule has 0 spiro atoms. The van der Waals surface area contributed by atoms with Gasteiger partial charge in [-0.1, -0.05) is 72.8 Å². The number of carbonyl (C=O) groups is 2. The highest BCUT2D eigenvalue weighted by molar-refractivity contribution is 5.82. The highest BCUT2D eigenvalue weighted by atomic mass is 16.5. The second kappa shape index (κ2) is 9.05. The Kier molecular flexibility index (Phi) is 5.85. The van der Waals surface area contributed by atoms with Gasteiger partial charge in [0.25, 0.3) is 5.91 Å². The van der Waals surface area contributed by atoms with Crippen LogP contribution in [-0.4, -0.2) is 28.0 Å². The third-order valence-electron chi connectivity index (χ3n) is 4.76. The van der Waals surface area contributed by atoms with Crippen molar-refractivity contribution in [2.24, 2.45) is 0 Å². The molecule has 0 aliphatic heterocycles. The highest BCUT2D eigenvalue weighted by Crippen LogP contribution is 2.21. The summed E-state index contributed by atoms with van der Waals surface area (Å²) in [5, 5.41) is 2.96. The molecule has 1 heterocycles. The Hall–Kier alpha value is -3.93. The third kappa shape index (κ3) is 4.55. The van der Waals surface area contributed by atoms with E-state index in [-0.39, 0.29) is 25.1 Å². The van der Waals surface area contributed by atoms with Crippen LogP contribution in [-0.2, 0) is 20.9 Å². The van der Waals surface area contributed by atoms with Gasteiger partial charge in [0.2, 0.25) is 0 Å². The number of esters is 1. The Bertz CT molecular complexity index is 1100. The molecule has 1 N–H and O–H groups in total. The van der Waals surface area contributed by atoms with Gasteiger partial charge in [-0.15, -0.1) is 0 Å². The van der Waals surface area contributed by atoms with E-state index in [0.29, 0.717) is 0 Å². The summed E-state index contributed by atoms with van der Waals surface area (Å²) in [6.07, 6.45) is 1.59. The van der Waals surface area contributed by atoms with Crippen molar-refractivity contribution in [3.05, 3.63) is 102 Å². The van der Waals surface area contributed by atoms with Crippen LogP contribution in [0, 0.1) is 0 Å². The van der Waals surface area contributed by atoms with E-state index in [4.69, 9.17) is 4.74 Å². The fourth-order valence-corrected chi connectivity index (χ4v) is 3.32. The van der Waals surface area contributed by atoms with Crippen LogP contribution in [0.5, 0.6) is 0 Å². The maximum absolute atomic E-state index is 12.5. The van der Waals surface area contributed by atoms with Gasteiger partial charge in [0.1, 0.15) is 6.54 Å². The number of para-hydroxylation sites is 2. The molecule has 0 atom stereocenters. The zero-order valence-corrected chi connectivity index (χ0v) is 16.3. The van der Waals surface area contributed by atoms with Crippen LogP contribution >= 0.6 is 0 Å². The molecule has 1 aromatic heterocycles. The van der Waals surface area contributed by atoms with Gasteiger partial charge in [0, 0.05) is 0 Å². The molecule has 0 aliphatic carbocycles. The molecule has 0 saturated heterocycles. The van der Waals surface area contributed by atoms with Crippen molar-refractivity contribution >= 4 is 22.9 Å². The van der Waals surface area contributed by atoms with Gasteiger partial charge in [-0.25, -0.2) is 4.98 Å². The fraction of sp³-hybridized carbons (Fsp3) is 0.125. The van der Waals surface area contributed by atoms with E-state index in [1.165, 1.54) is 0 Å². The number of fused-ring (bicyclic) bond motifs is 1. The molecule has 30 heavy (non-hydrogen) atoms. The fourth-order valence-electron chi connectivity index (χ4n) is 3.32. The Morgan fingerprint density at radius 2 is 1.47 bits per heavy atom. The Balaban J connectivity index is 1.38. The number of ether oxygens (including phenoxy) is 1. The lowest BCUT2D eigenvalue weighted by Crippen LogP contribution is -2.33. The van der Waals surface area contributed by atoms with Crippen LogP contribution in [0.4, 0.5) is 0 Å². The first kappa shape index (κ1) is 19.4. The minimum Gasteiger partial charge on any atom is -0.454 e. The molecule has 4 rings (SSSR count). The molecule has 0 fully saturated rings. The summed E-state index contributed by atoms with van der Waals surface area (Å²) in [7, 11) is 0. The average molecular weight is 399 g/mol. The second-order valence-corrected chi connectivity index (χ2v) is 6.84. The second-order valence-electron chi connectivity index (χ2n) is 6.84. The first-order valence-electron chi connectivity index (χ1n) is 9.65. The zero-order chi connectivity index (χ0) is 20.8. The number of hydrogen-bond donors (Lipinski definition) is 1. The van der Waals surface area contributed by atoms with Gasteiger partial charge in [0.05, 0.1) is 23.4 Å². The summed E-state index contributed by atoms with van der Waals surface area (Å²) in [6.45, 7) is -0.351. The average Bonchev–Trinajstić information content (AvgIpc) is 3.20. The number of benzene rings is 3. The number of rotatable bonds is 7. The van der Waals surface area contributed by atoms with Gasteiger partial charge < -0.3 is 14.6 Å². The number of carbonyl (C=O) groups excluding carboxylic acids is 2. The van der Waals surface area contributed by atoms with E-state index in [1.807, 2.05) is 84.9 Å². The first-order chi connectivity index (χ1) is 14.7. The van der Waals surface area contributed by atoms with E-state index >= 15 is 0 Å². The summed E-state index contributed by atoms with van der Waals surface area (Å²) in [6, 6.07) is 26.6. The van der Waals surface area contributed by atoms with E-state index < -0.39 is 5.97 Å². The quantitative estimate of drug-likeness (QED) is 0.483. The highest BCUT2D eigenvalue weighted by Gasteiger charge is 2.18. The van der Waals surface area contributed by atoms with Crippen molar-refractivity contribution in [3.8, 4) is 0 Å². The normalized spacial score (nSPS) is 10.8. The summed E-state index contributed by atoms with van der Waals surface area (Å²) in [5.74, 6) is -0.860. The maximum atomic E-state index is 12.5. The predicted molar refractivity (Wildman–Crippen MR) is 114 cm³/mol. The molecule has 0 aliphatic rings. The number of imidazole rings is 1. The topological polar surface area (TPSA) is 73.2 Å². The van der Waals surface area contributed by atoms with Crippen molar-refractivity contribution < 1.29 is 14.3 Å². The van der Waals surface area contributed by atoms with Crippen LogP contribution in [0.1, 0.15) is 17.2 Å². The lowest BCUT2D eigenvalue weighted by atomic mass is 9.99. The molecule has 0 radical (unpaired) electrons. The SMILES string of the molecule is O=C(COC(=O)Cn1cnc2ccccc21)NC(c1ccccc1)c1ccccc1. The van der Waals surface area contributed by atoms with Gasteiger partial charge in [-0.05, 0) is 23.3 Å². The van der Waals surface area contributed by atoms with E-state index in [2.05, 4.69) is 10.3 Å². The van der Waals surface area contributed by atoms with Crippen LogP contribution in [0.25, 0.3) is 11.0 Å². The van der Waals surface area contributed by atoms with Crippen LogP contribution in [0.2, 0.25) is 0 Å². The smallest absolute Gasteiger partial charge is 0.326 e. The summed E-state index contributed by atoms with van der Waals surface area (Å²) in [4.78, 5) is 29.0. The van der Waals surface area contributed by atoms with Crippen LogP contribution < -0.4 is 5.32 Å². The minimum absolute atomic E-state index is 0.00536. The molecule has 0 saturated carbocycles. The molecule has 6 heteroatoms. The molecule has 4 aromatic rings. The third-order valence-corrected chi connectivity index (χ3v) is 4.76.